The molecule has 3 atom stereocenters. The van der Waals surface area contributed by atoms with Crippen LogP contribution in [0.15, 0.2) is 42.6 Å². The molecule has 0 radical (unpaired) electrons. The molecule has 0 unspecified atom stereocenters. The van der Waals surface area contributed by atoms with Crippen LogP contribution >= 0.6 is 11.3 Å². The van der Waals surface area contributed by atoms with Gasteiger partial charge in [0.2, 0.25) is 11.8 Å². The molecule has 0 bridgehead atoms. The minimum atomic E-state index is -0.521. The molecule has 3 aromatic rings. The van der Waals surface area contributed by atoms with E-state index in [1.165, 1.54) is 0 Å². The zero-order chi connectivity index (χ0) is 25.1. The van der Waals surface area contributed by atoms with Crippen LogP contribution in [0, 0.1) is 5.92 Å². The van der Waals surface area contributed by atoms with Crippen molar-refractivity contribution in [1.29, 1.82) is 0 Å². The molecule has 3 N–H and O–H groups in total. The lowest BCUT2D eigenvalue weighted by Crippen LogP contribution is -2.56. The van der Waals surface area contributed by atoms with Gasteiger partial charge in [0.05, 0.1) is 22.5 Å². The maximum atomic E-state index is 14.0. The molecule has 2 aromatic heterocycles. The number of hydrogen-bond acceptors (Lipinski definition) is 7. The Balaban J connectivity index is 1.44. The molecule has 2 aliphatic rings. The van der Waals surface area contributed by atoms with Gasteiger partial charge in [-0.15, -0.1) is 11.3 Å². The number of thiazole rings is 1. The molecule has 1 aromatic carbocycles. The molecule has 2 fully saturated rings. The molecule has 190 valence electrons. The highest BCUT2D eigenvalue weighted by Crippen LogP contribution is 2.39. The normalized spacial score (nSPS) is 20.4. The molecule has 4 heterocycles. The Bertz CT molecular complexity index is 1210. The predicted octanol–water partition coefficient (Wildman–Crippen LogP) is 3.11. The fourth-order valence-electron chi connectivity index (χ4n) is 5.26. The number of hydrogen-bond donors (Lipinski definition) is 3. The largest absolute Gasteiger partial charge is 0.343 e. The number of piperidine rings is 1. The first kappa shape index (κ1) is 24.8. The van der Waals surface area contributed by atoms with Crippen LogP contribution in [0.3, 0.4) is 0 Å². The van der Waals surface area contributed by atoms with E-state index in [4.69, 9.17) is 4.98 Å². The lowest BCUT2D eigenvalue weighted by Gasteiger charge is -2.35. The molecule has 0 aliphatic carbocycles. The molecule has 8 nitrogen and oxygen atoms in total. The molecule has 2 aliphatic heterocycles. The van der Waals surface area contributed by atoms with Gasteiger partial charge in [-0.3, -0.25) is 14.6 Å². The Labute approximate surface area is 215 Å². The molecule has 36 heavy (non-hydrogen) atoms. The number of nitrogens with zero attached hydrogens (tertiary/aromatic N) is 3. The third-order valence-electron chi connectivity index (χ3n) is 7.44. The predicted molar refractivity (Wildman–Crippen MR) is 143 cm³/mol. The van der Waals surface area contributed by atoms with E-state index in [1.807, 2.05) is 54.4 Å². The highest BCUT2D eigenvalue weighted by molar-refractivity contribution is 7.18. The molecule has 0 spiro atoms. The Morgan fingerprint density at radius 3 is 2.67 bits per heavy atom. The van der Waals surface area contributed by atoms with Crippen LogP contribution in [0.4, 0.5) is 0 Å². The van der Waals surface area contributed by atoms with E-state index in [0.29, 0.717) is 6.54 Å². The van der Waals surface area contributed by atoms with Crippen LogP contribution < -0.4 is 16.0 Å². The number of pyridine rings is 1. The highest BCUT2D eigenvalue weighted by atomic mass is 32.1. The van der Waals surface area contributed by atoms with Crippen LogP contribution in [0.25, 0.3) is 21.5 Å². The van der Waals surface area contributed by atoms with Gasteiger partial charge < -0.3 is 20.9 Å². The zero-order valence-corrected chi connectivity index (χ0v) is 21.7. The van der Waals surface area contributed by atoms with Crippen molar-refractivity contribution in [2.75, 3.05) is 26.7 Å². The Hall–Kier alpha value is -2.88. The van der Waals surface area contributed by atoms with Gasteiger partial charge in [0.1, 0.15) is 16.6 Å². The first-order valence-corrected chi connectivity index (χ1v) is 13.7. The minimum absolute atomic E-state index is 0.0155. The second kappa shape index (κ2) is 11.0. The summed E-state index contributed by atoms with van der Waals surface area (Å²) < 4.78 is 1.07. The molecule has 2 saturated heterocycles. The highest BCUT2D eigenvalue weighted by Gasteiger charge is 2.40. The van der Waals surface area contributed by atoms with Crippen molar-refractivity contribution in [2.24, 2.45) is 5.92 Å². The number of nitrogens with one attached hydrogen (secondary N) is 3. The smallest absolute Gasteiger partial charge is 0.246 e. The fraction of sp³-hybridized carbons (Fsp3) is 0.481. The summed E-state index contributed by atoms with van der Waals surface area (Å²) in [4.78, 5) is 38.4. The minimum Gasteiger partial charge on any atom is -0.343 e. The van der Waals surface area contributed by atoms with Gasteiger partial charge in [-0.25, -0.2) is 4.98 Å². The molecular weight excluding hydrogens is 472 g/mol. The van der Waals surface area contributed by atoms with Crippen molar-refractivity contribution in [2.45, 2.75) is 50.7 Å². The first-order chi connectivity index (χ1) is 17.6. The number of rotatable bonds is 7. The average Bonchev–Trinajstić information content (AvgIpc) is 3.59. The number of aromatic nitrogens is 2. The molecular formula is C27H34N6O2S. The van der Waals surface area contributed by atoms with Crippen LogP contribution in [-0.4, -0.2) is 65.4 Å². The summed E-state index contributed by atoms with van der Waals surface area (Å²) in [5.74, 6) is 0.00247. The Morgan fingerprint density at radius 1 is 1.14 bits per heavy atom. The number of amides is 2. The van der Waals surface area contributed by atoms with Crippen molar-refractivity contribution in [1.82, 2.24) is 30.8 Å². The number of carbonyl (C=O) groups is 2. The van der Waals surface area contributed by atoms with Gasteiger partial charge in [0, 0.05) is 18.3 Å². The standard InChI is InChI=1S/C27H34N6O2S/c1-17(28-2)25(34)31-23(19-10-13-29-14-11-19)27(35)33-16-6-9-20(33)26-32-24-21(36-26)12-15-30-22(24)18-7-4-3-5-8-18/h3-5,7-8,12,15,17,19-20,23,28-29H,6,9-11,13-14,16H2,1-2H3,(H,31,34)/t17-,20-,23-/m0/s1. The van der Waals surface area contributed by atoms with E-state index in [1.54, 1.807) is 18.4 Å². The summed E-state index contributed by atoms with van der Waals surface area (Å²) in [7, 11) is 1.76. The third kappa shape index (κ3) is 5.00. The van der Waals surface area contributed by atoms with Crippen molar-refractivity contribution < 1.29 is 9.59 Å². The SMILES string of the molecule is CN[C@@H](C)C(=O)N[C@H](C(=O)N1CCC[C@H]1c1nc2c(-c3ccccc3)nccc2s1)C1CCNCC1. The van der Waals surface area contributed by atoms with Crippen LogP contribution in [0.1, 0.15) is 43.7 Å². The van der Waals surface area contributed by atoms with E-state index in [2.05, 4.69) is 20.9 Å². The fourth-order valence-corrected chi connectivity index (χ4v) is 6.37. The van der Waals surface area contributed by atoms with Gasteiger partial charge in [-0.2, -0.15) is 0 Å². The number of fused-ring (bicyclic) bond motifs is 1. The van der Waals surface area contributed by atoms with Crippen molar-refractivity contribution in [3.63, 3.8) is 0 Å². The quantitative estimate of drug-likeness (QED) is 0.455. The van der Waals surface area contributed by atoms with Gasteiger partial charge in [-0.1, -0.05) is 30.3 Å². The van der Waals surface area contributed by atoms with E-state index >= 15 is 0 Å². The average molecular weight is 507 g/mol. The maximum absolute atomic E-state index is 14.0. The molecule has 2 amide bonds. The van der Waals surface area contributed by atoms with Crippen LogP contribution in [-0.2, 0) is 9.59 Å². The summed E-state index contributed by atoms with van der Waals surface area (Å²) in [5.41, 5.74) is 2.79. The second-order valence-electron chi connectivity index (χ2n) is 9.70. The third-order valence-corrected chi connectivity index (χ3v) is 8.56. The summed E-state index contributed by atoms with van der Waals surface area (Å²) in [6.45, 7) is 4.23. The number of likely N-dealkylation sites (tertiary alicyclic amines) is 1. The van der Waals surface area contributed by atoms with Crippen LogP contribution in [0.5, 0.6) is 0 Å². The summed E-state index contributed by atoms with van der Waals surface area (Å²) in [6, 6.07) is 11.1. The topological polar surface area (TPSA) is 99.3 Å². The first-order valence-electron chi connectivity index (χ1n) is 12.9. The van der Waals surface area contributed by atoms with Crippen molar-refractivity contribution >= 4 is 33.4 Å². The zero-order valence-electron chi connectivity index (χ0n) is 20.9. The van der Waals surface area contributed by atoms with Gasteiger partial charge in [0.15, 0.2) is 0 Å². The van der Waals surface area contributed by atoms with Gasteiger partial charge in [0.25, 0.3) is 0 Å². The number of benzene rings is 1. The number of likely N-dealkylation sites (N-methyl/N-ethyl adjacent to an activating group) is 1. The Morgan fingerprint density at radius 2 is 1.92 bits per heavy atom. The lowest BCUT2D eigenvalue weighted by atomic mass is 9.89. The van der Waals surface area contributed by atoms with Crippen molar-refractivity contribution in [3.8, 4) is 11.3 Å². The number of carbonyl (C=O) groups excluding carboxylic acids is 2. The second-order valence-corrected chi connectivity index (χ2v) is 10.8. The van der Waals surface area contributed by atoms with Gasteiger partial charge in [-0.05, 0) is 64.7 Å². The van der Waals surface area contributed by atoms with E-state index in [-0.39, 0.29) is 29.8 Å². The van der Waals surface area contributed by atoms with Crippen molar-refractivity contribution in [3.05, 3.63) is 47.6 Å². The van der Waals surface area contributed by atoms with E-state index in [9.17, 15) is 9.59 Å². The molecule has 5 rings (SSSR count). The monoisotopic (exact) mass is 506 g/mol. The summed E-state index contributed by atoms with van der Waals surface area (Å²) in [6.07, 6.45) is 5.37. The Kier molecular flexibility index (Phi) is 7.59. The summed E-state index contributed by atoms with van der Waals surface area (Å²) >= 11 is 1.64. The maximum Gasteiger partial charge on any atom is 0.246 e. The lowest BCUT2D eigenvalue weighted by molar-refractivity contribution is -0.139. The van der Waals surface area contributed by atoms with Gasteiger partial charge >= 0.3 is 0 Å². The molecule has 0 saturated carbocycles. The molecule has 9 heteroatoms. The summed E-state index contributed by atoms with van der Waals surface area (Å²) in [5, 5.41) is 10.4. The van der Waals surface area contributed by atoms with Crippen LogP contribution in [0.2, 0.25) is 0 Å². The van der Waals surface area contributed by atoms with E-state index in [0.717, 1.165) is 65.3 Å². The van der Waals surface area contributed by atoms with E-state index < -0.39 is 6.04 Å².